The van der Waals surface area contributed by atoms with E-state index in [9.17, 15) is 13.2 Å². The van der Waals surface area contributed by atoms with Crippen LogP contribution in [0.15, 0.2) is 4.42 Å². The van der Waals surface area contributed by atoms with Crippen LogP contribution in [0.4, 0.5) is 0 Å². The van der Waals surface area contributed by atoms with Crippen molar-refractivity contribution >= 4 is 15.9 Å². The number of aryl methyl sites for hydroxylation is 2. The minimum atomic E-state index is -3.56. The Hall–Kier alpha value is -1.37. The maximum atomic E-state index is 11.4. The highest BCUT2D eigenvalue weighted by molar-refractivity contribution is 7.90. The first-order valence-electron chi connectivity index (χ1n) is 4.34. The minimum Gasteiger partial charge on any atom is -0.445 e. The van der Waals surface area contributed by atoms with Crippen LogP contribution in [0.1, 0.15) is 29.1 Å². The molecule has 1 aromatic heterocycles. The van der Waals surface area contributed by atoms with Gasteiger partial charge < -0.3 is 4.42 Å². The van der Waals surface area contributed by atoms with Crippen LogP contribution in [0, 0.1) is 13.8 Å². The maximum absolute atomic E-state index is 11.4. The molecule has 84 valence electrons. The van der Waals surface area contributed by atoms with Crippen molar-refractivity contribution in [3.63, 3.8) is 0 Å². The van der Waals surface area contributed by atoms with Gasteiger partial charge in [0.25, 0.3) is 5.91 Å². The maximum Gasteiger partial charge on any atom is 0.286 e. The summed E-state index contributed by atoms with van der Waals surface area (Å²) in [4.78, 5) is 15.2. The summed E-state index contributed by atoms with van der Waals surface area (Å²) < 4.78 is 29.1. The van der Waals surface area contributed by atoms with Crippen molar-refractivity contribution in [2.75, 3.05) is 5.75 Å². The molecule has 0 radical (unpaired) electrons. The smallest absolute Gasteiger partial charge is 0.286 e. The molecule has 0 aliphatic rings. The van der Waals surface area contributed by atoms with Gasteiger partial charge in [-0.3, -0.25) is 4.79 Å². The summed E-state index contributed by atoms with van der Waals surface area (Å²) in [5, 5.41) is 0. The number of nitrogens with one attached hydrogen (secondary N) is 1. The molecule has 1 rings (SSSR count). The third-order valence-electron chi connectivity index (χ3n) is 1.75. The summed E-state index contributed by atoms with van der Waals surface area (Å²) in [5.41, 5.74) is 0.00419. The Balaban J connectivity index is 2.92. The molecule has 1 amide bonds. The molecule has 15 heavy (non-hydrogen) atoms. The fraction of sp³-hybridized carbons (Fsp3) is 0.500. The van der Waals surface area contributed by atoms with Gasteiger partial charge in [-0.1, -0.05) is 0 Å². The topological polar surface area (TPSA) is 89.3 Å². The molecule has 1 aromatic rings. The van der Waals surface area contributed by atoms with Crippen LogP contribution in [0.2, 0.25) is 0 Å². The third kappa shape index (κ3) is 2.79. The number of aromatic nitrogens is 1. The van der Waals surface area contributed by atoms with Gasteiger partial charge in [-0.05, 0) is 13.8 Å². The second kappa shape index (κ2) is 4.01. The average Bonchev–Trinajstić information content (AvgIpc) is 2.45. The minimum absolute atomic E-state index is 0.00419. The molecule has 0 saturated carbocycles. The van der Waals surface area contributed by atoms with E-state index < -0.39 is 15.9 Å². The normalized spacial score (nSPS) is 11.4. The van der Waals surface area contributed by atoms with Gasteiger partial charge >= 0.3 is 0 Å². The lowest BCUT2D eigenvalue weighted by Crippen LogP contribution is -2.32. The van der Waals surface area contributed by atoms with E-state index in [2.05, 4.69) is 4.98 Å². The summed E-state index contributed by atoms with van der Waals surface area (Å²) in [6.45, 7) is 4.57. The Morgan fingerprint density at radius 3 is 2.47 bits per heavy atom. The van der Waals surface area contributed by atoms with Crippen LogP contribution in [-0.4, -0.2) is 25.1 Å². The summed E-state index contributed by atoms with van der Waals surface area (Å²) >= 11 is 0. The van der Waals surface area contributed by atoms with Crippen LogP contribution >= 0.6 is 0 Å². The van der Waals surface area contributed by atoms with Crippen molar-refractivity contribution in [2.45, 2.75) is 20.8 Å². The van der Waals surface area contributed by atoms with Gasteiger partial charge in [-0.15, -0.1) is 0 Å². The Morgan fingerprint density at radius 2 is 2.07 bits per heavy atom. The molecular formula is C8H12N2O4S. The number of carbonyl (C=O) groups is 1. The van der Waals surface area contributed by atoms with Gasteiger partial charge in [0.15, 0.2) is 11.6 Å². The van der Waals surface area contributed by atoms with E-state index in [1.54, 1.807) is 13.8 Å². The number of rotatable bonds is 3. The van der Waals surface area contributed by atoms with Gasteiger partial charge in [0.2, 0.25) is 10.0 Å². The molecule has 0 spiro atoms. The van der Waals surface area contributed by atoms with Crippen molar-refractivity contribution in [1.29, 1.82) is 0 Å². The second-order valence-electron chi connectivity index (χ2n) is 2.97. The van der Waals surface area contributed by atoms with Crippen LogP contribution < -0.4 is 4.72 Å². The van der Waals surface area contributed by atoms with Gasteiger partial charge in [0.1, 0.15) is 5.76 Å². The standard InChI is InChI=1S/C8H12N2O4S/c1-4-15(12,13)10-8(11)7-5(2)14-6(3)9-7/h4H2,1-3H3,(H,10,11). The first kappa shape index (κ1) is 11.7. The molecule has 1 heterocycles. The summed E-state index contributed by atoms with van der Waals surface area (Å²) in [6, 6.07) is 0. The molecule has 7 heteroatoms. The zero-order chi connectivity index (χ0) is 11.6. The summed E-state index contributed by atoms with van der Waals surface area (Å²) in [5.74, 6) is -0.289. The third-order valence-corrected chi connectivity index (χ3v) is 3.00. The SMILES string of the molecule is CCS(=O)(=O)NC(=O)c1nc(C)oc1C. The van der Waals surface area contributed by atoms with E-state index in [4.69, 9.17) is 4.42 Å². The monoisotopic (exact) mass is 232 g/mol. The highest BCUT2D eigenvalue weighted by atomic mass is 32.2. The summed E-state index contributed by atoms with van der Waals surface area (Å²) in [6.07, 6.45) is 0. The van der Waals surface area contributed by atoms with Crippen LogP contribution in [0.3, 0.4) is 0 Å². The highest BCUT2D eigenvalue weighted by Crippen LogP contribution is 2.08. The fourth-order valence-corrected chi connectivity index (χ4v) is 1.52. The predicted molar refractivity (Wildman–Crippen MR) is 52.9 cm³/mol. The van der Waals surface area contributed by atoms with Crippen LogP contribution in [0.25, 0.3) is 0 Å². The van der Waals surface area contributed by atoms with Crippen molar-refractivity contribution < 1.29 is 17.6 Å². The molecule has 0 atom stereocenters. The van der Waals surface area contributed by atoms with Gasteiger partial charge in [0, 0.05) is 6.92 Å². The molecule has 0 bridgehead atoms. The van der Waals surface area contributed by atoms with E-state index in [0.717, 1.165) is 0 Å². The highest BCUT2D eigenvalue weighted by Gasteiger charge is 2.19. The predicted octanol–water partition coefficient (Wildman–Crippen LogP) is 0.371. The fourth-order valence-electron chi connectivity index (χ4n) is 1.00. The zero-order valence-electron chi connectivity index (χ0n) is 8.70. The van der Waals surface area contributed by atoms with Gasteiger partial charge in [0.05, 0.1) is 5.75 Å². The molecule has 1 N–H and O–H groups in total. The number of sulfonamides is 1. The number of amides is 1. The molecule has 0 saturated heterocycles. The van der Waals surface area contributed by atoms with E-state index in [1.165, 1.54) is 6.92 Å². The van der Waals surface area contributed by atoms with Gasteiger partial charge in [-0.2, -0.15) is 0 Å². The molecule has 0 aromatic carbocycles. The number of oxazole rings is 1. The van der Waals surface area contributed by atoms with E-state index >= 15 is 0 Å². The summed E-state index contributed by atoms with van der Waals surface area (Å²) in [7, 11) is -3.56. The van der Waals surface area contributed by atoms with Crippen molar-refractivity contribution in [3.8, 4) is 0 Å². The molecule has 6 nitrogen and oxygen atoms in total. The lowest BCUT2D eigenvalue weighted by atomic mass is 10.3. The Labute approximate surface area is 87.7 Å². The molecular weight excluding hydrogens is 220 g/mol. The van der Waals surface area contributed by atoms with Crippen LogP contribution in [0.5, 0.6) is 0 Å². The number of carbonyl (C=O) groups excluding carboxylic acids is 1. The van der Waals surface area contributed by atoms with E-state index in [0.29, 0.717) is 11.7 Å². The molecule has 0 unspecified atom stereocenters. The van der Waals surface area contributed by atoms with E-state index in [1.807, 2.05) is 4.72 Å². The number of hydrogen-bond donors (Lipinski definition) is 1. The molecule has 0 aliphatic heterocycles. The largest absolute Gasteiger partial charge is 0.445 e. The van der Waals surface area contributed by atoms with Crippen molar-refractivity contribution in [2.24, 2.45) is 0 Å². The van der Waals surface area contributed by atoms with Crippen molar-refractivity contribution in [1.82, 2.24) is 9.71 Å². The second-order valence-corrected chi connectivity index (χ2v) is 4.98. The van der Waals surface area contributed by atoms with E-state index in [-0.39, 0.29) is 11.4 Å². The Bertz CT molecular complexity index is 475. The lowest BCUT2D eigenvalue weighted by molar-refractivity contribution is 0.0975. The lowest BCUT2D eigenvalue weighted by Gasteiger charge is -2.01. The van der Waals surface area contributed by atoms with Gasteiger partial charge in [-0.25, -0.2) is 18.1 Å². The first-order chi connectivity index (χ1) is 6.85. The Kier molecular flexibility index (Phi) is 3.13. The first-order valence-corrected chi connectivity index (χ1v) is 6.00. The van der Waals surface area contributed by atoms with Crippen molar-refractivity contribution in [3.05, 3.63) is 17.3 Å². The molecule has 0 aliphatic carbocycles. The average molecular weight is 232 g/mol. The number of hydrogen-bond acceptors (Lipinski definition) is 5. The van der Waals surface area contributed by atoms with Crippen LogP contribution in [-0.2, 0) is 10.0 Å². The quantitative estimate of drug-likeness (QED) is 0.813. The number of nitrogens with zero attached hydrogens (tertiary/aromatic N) is 1. The molecule has 0 fully saturated rings. The zero-order valence-corrected chi connectivity index (χ0v) is 9.51. The Morgan fingerprint density at radius 1 is 1.47 bits per heavy atom.